The number of H-pyrrole nitrogens is 1. The van der Waals surface area contributed by atoms with Crippen LogP contribution in [0.4, 0.5) is 0 Å². The van der Waals surface area contributed by atoms with Crippen molar-refractivity contribution in [3.05, 3.63) is 18.2 Å². The van der Waals surface area contributed by atoms with Gasteiger partial charge >= 0.3 is 0 Å². The van der Waals surface area contributed by atoms with E-state index in [2.05, 4.69) is 25.5 Å². The number of nitrogens with zero attached hydrogens (tertiary/aromatic N) is 3. The van der Waals surface area contributed by atoms with Crippen LogP contribution in [0.5, 0.6) is 5.75 Å². The molecule has 1 aromatic carbocycles. The molecule has 0 aliphatic carbocycles. The van der Waals surface area contributed by atoms with Crippen molar-refractivity contribution in [2.45, 2.75) is 24.1 Å². The van der Waals surface area contributed by atoms with Crippen molar-refractivity contribution >= 4 is 39.7 Å². The average molecular weight is 373 g/mol. The number of methoxy groups -OCH3 is 1. The van der Waals surface area contributed by atoms with E-state index in [1.807, 2.05) is 18.2 Å². The maximum atomic E-state index is 12.0. The highest BCUT2D eigenvalue weighted by Crippen LogP contribution is 2.27. The highest BCUT2D eigenvalue weighted by molar-refractivity contribution is 7.99. The second-order valence-electron chi connectivity index (χ2n) is 6.06. The number of rotatable bonds is 6. The summed E-state index contributed by atoms with van der Waals surface area (Å²) in [5.74, 6) is 0.936. The summed E-state index contributed by atoms with van der Waals surface area (Å²) in [7, 11) is 1.62. The van der Waals surface area contributed by atoms with Crippen molar-refractivity contribution in [2.75, 3.05) is 26.0 Å². The molecular weight excluding hydrogens is 354 g/mol. The smallest absolute Gasteiger partial charge is 0.230 e. The van der Waals surface area contributed by atoms with Gasteiger partial charge in [-0.1, -0.05) is 11.8 Å². The molecule has 1 atom stereocenters. The van der Waals surface area contributed by atoms with Crippen LogP contribution < -0.4 is 10.1 Å². The van der Waals surface area contributed by atoms with Crippen LogP contribution in [0.1, 0.15) is 12.8 Å². The zero-order valence-electron chi connectivity index (χ0n) is 14.3. The van der Waals surface area contributed by atoms with E-state index in [-0.39, 0.29) is 17.8 Å². The number of ether oxygens (including phenoxy) is 2. The number of hydrogen-bond donors (Lipinski definition) is 2. The minimum atomic E-state index is -0.0596. The topological polar surface area (TPSA) is 102 Å². The summed E-state index contributed by atoms with van der Waals surface area (Å²) in [5, 5.41) is 12.6. The third kappa shape index (κ3) is 3.58. The number of carbonyl (C=O) groups is 1. The number of benzene rings is 1. The van der Waals surface area contributed by atoms with Gasteiger partial charge in [-0.15, -0.1) is 10.2 Å². The molecular formula is C17H19N5O3S. The van der Waals surface area contributed by atoms with E-state index in [4.69, 9.17) is 9.47 Å². The van der Waals surface area contributed by atoms with Gasteiger partial charge in [0.1, 0.15) is 11.3 Å². The van der Waals surface area contributed by atoms with Gasteiger partial charge in [0.25, 0.3) is 0 Å². The Morgan fingerprint density at radius 3 is 3.19 bits per heavy atom. The number of amides is 1. The van der Waals surface area contributed by atoms with Crippen LogP contribution in [-0.2, 0) is 9.53 Å². The van der Waals surface area contributed by atoms with Crippen LogP contribution in [0.25, 0.3) is 22.1 Å². The van der Waals surface area contributed by atoms with Crippen LogP contribution in [-0.4, -0.2) is 58.2 Å². The van der Waals surface area contributed by atoms with Crippen LogP contribution >= 0.6 is 11.8 Å². The molecule has 1 saturated heterocycles. The van der Waals surface area contributed by atoms with E-state index in [0.29, 0.717) is 22.9 Å². The Labute approximate surface area is 154 Å². The normalized spacial score (nSPS) is 17.0. The predicted octanol–water partition coefficient (Wildman–Crippen LogP) is 1.90. The molecule has 0 spiro atoms. The summed E-state index contributed by atoms with van der Waals surface area (Å²) in [6, 6.07) is 5.69. The summed E-state index contributed by atoms with van der Waals surface area (Å²) >= 11 is 1.26. The lowest BCUT2D eigenvalue weighted by molar-refractivity contribution is -0.119. The van der Waals surface area contributed by atoms with E-state index in [1.165, 1.54) is 11.8 Å². The lowest BCUT2D eigenvalue weighted by atomic mass is 10.2. The Bertz CT molecular complexity index is 939. The maximum absolute atomic E-state index is 12.0. The molecule has 1 amide bonds. The van der Waals surface area contributed by atoms with Crippen LogP contribution in [0, 0.1) is 0 Å². The first kappa shape index (κ1) is 17.0. The van der Waals surface area contributed by atoms with Crippen LogP contribution in [0.2, 0.25) is 0 Å². The third-order valence-corrected chi connectivity index (χ3v) is 5.12. The summed E-state index contributed by atoms with van der Waals surface area (Å²) in [6.07, 6.45) is 2.20. The molecule has 26 heavy (non-hydrogen) atoms. The summed E-state index contributed by atoms with van der Waals surface area (Å²) in [4.78, 5) is 19.6. The van der Waals surface area contributed by atoms with Gasteiger partial charge < -0.3 is 19.8 Å². The third-order valence-electron chi connectivity index (χ3n) is 4.29. The van der Waals surface area contributed by atoms with Gasteiger partial charge in [0.15, 0.2) is 5.65 Å². The van der Waals surface area contributed by atoms with Gasteiger partial charge in [-0.3, -0.25) is 4.79 Å². The zero-order chi connectivity index (χ0) is 17.9. The lowest BCUT2D eigenvalue weighted by Crippen LogP contribution is -2.32. The molecule has 2 aromatic heterocycles. The Hall–Kier alpha value is -2.39. The number of carbonyl (C=O) groups excluding carboxylic acids is 1. The van der Waals surface area contributed by atoms with E-state index in [9.17, 15) is 4.79 Å². The van der Waals surface area contributed by atoms with E-state index < -0.39 is 0 Å². The van der Waals surface area contributed by atoms with Gasteiger partial charge in [-0.05, 0) is 31.0 Å². The monoisotopic (exact) mass is 373 g/mol. The number of thioether (sulfide) groups is 1. The predicted molar refractivity (Wildman–Crippen MR) is 98.4 cm³/mol. The Morgan fingerprint density at radius 1 is 1.46 bits per heavy atom. The molecule has 2 N–H and O–H groups in total. The van der Waals surface area contributed by atoms with Gasteiger partial charge in [0.05, 0.1) is 19.0 Å². The van der Waals surface area contributed by atoms with Gasteiger partial charge in [-0.2, -0.15) is 0 Å². The zero-order valence-corrected chi connectivity index (χ0v) is 15.1. The molecule has 1 aliphatic heterocycles. The SMILES string of the molecule is COc1ccc2[nH]c3nc(SCC(=O)NC[C@H]4CCCO4)nnc3c2c1. The molecule has 0 saturated carbocycles. The van der Waals surface area contributed by atoms with E-state index >= 15 is 0 Å². The fourth-order valence-electron chi connectivity index (χ4n) is 2.94. The summed E-state index contributed by atoms with van der Waals surface area (Å²) < 4.78 is 10.7. The summed E-state index contributed by atoms with van der Waals surface area (Å²) in [5.41, 5.74) is 2.25. The average Bonchev–Trinajstić information content (AvgIpc) is 3.31. The van der Waals surface area contributed by atoms with Crippen molar-refractivity contribution in [1.82, 2.24) is 25.5 Å². The minimum Gasteiger partial charge on any atom is -0.497 e. The van der Waals surface area contributed by atoms with Gasteiger partial charge in [0.2, 0.25) is 11.1 Å². The molecule has 0 unspecified atom stereocenters. The molecule has 3 heterocycles. The number of aromatic amines is 1. The molecule has 0 radical (unpaired) electrons. The highest BCUT2D eigenvalue weighted by atomic mass is 32.2. The number of hydrogen-bond acceptors (Lipinski definition) is 7. The van der Waals surface area contributed by atoms with E-state index in [1.54, 1.807) is 7.11 Å². The molecule has 9 heteroatoms. The maximum Gasteiger partial charge on any atom is 0.230 e. The van der Waals surface area contributed by atoms with Gasteiger partial charge in [-0.25, -0.2) is 4.98 Å². The number of fused-ring (bicyclic) bond motifs is 3. The first-order valence-electron chi connectivity index (χ1n) is 8.44. The molecule has 136 valence electrons. The lowest BCUT2D eigenvalue weighted by Gasteiger charge is -2.10. The van der Waals surface area contributed by atoms with Crippen LogP contribution in [0.15, 0.2) is 23.4 Å². The minimum absolute atomic E-state index is 0.0596. The first-order valence-corrected chi connectivity index (χ1v) is 9.43. The quantitative estimate of drug-likeness (QED) is 0.636. The van der Waals surface area contributed by atoms with Crippen molar-refractivity contribution in [3.8, 4) is 5.75 Å². The van der Waals surface area contributed by atoms with E-state index in [0.717, 1.165) is 36.1 Å². The Kier molecular flexibility index (Phi) is 4.89. The fraction of sp³-hybridized carbons (Fsp3) is 0.412. The molecule has 8 nitrogen and oxygen atoms in total. The molecule has 4 rings (SSSR count). The Morgan fingerprint density at radius 2 is 2.38 bits per heavy atom. The molecule has 1 fully saturated rings. The van der Waals surface area contributed by atoms with Crippen molar-refractivity contribution in [2.24, 2.45) is 0 Å². The van der Waals surface area contributed by atoms with Crippen molar-refractivity contribution in [1.29, 1.82) is 0 Å². The molecule has 3 aromatic rings. The number of aromatic nitrogens is 4. The number of nitrogens with one attached hydrogen (secondary N) is 2. The highest BCUT2D eigenvalue weighted by Gasteiger charge is 2.16. The second kappa shape index (κ2) is 7.46. The molecule has 0 bridgehead atoms. The summed E-state index contributed by atoms with van der Waals surface area (Å²) in [6.45, 7) is 1.34. The first-order chi connectivity index (χ1) is 12.7. The van der Waals surface area contributed by atoms with Crippen molar-refractivity contribution < 1.29 is 14.3 Å². The molecule has 1 aliphatic rings. The van der Waals surface area contributed by atoms with Crippen LogP contribution in [0.3, 0.4) is 0 Å². The standard InChI is InChI=1S/C17H19N5O3S/c1-24-10-4-5-13-12(7-10)15-16(19-13)20-17(22-21-15)26-9-14(23)18-8-11-3-2-6-25-11/h4-5,7,11H,2-3,6,8-9H2,1H3,(H,18,23)(H,19,20,22)/t11-/m1/s1. The van der Waals surface area contributed by atoms with Crippen molar-refractivity contribution in [3.63, 3.8) is 0 Å². The Balaban J connectivity index is 1.42. The largest absolute Gasteiger partial charge is 0.497 e. The second-order valence-corrected chi connectivity index (χ2v) is 7.00. The fourth-order valence-corrected chi connectivity index (χ4v) is 3.55. The van der Waals surface area contributed by atoms with Gasteiger partial charge in [0, 0.05) is 24.1 Å².